The lowest BCUT2D eigenvalue weighted by atomic mass is 10.0. The third-order valence-corrected chi connectivity index (χ3v) is 4.53. The van der Waals surface area contributed by atoms with Crippen LogP contribution in [-0.2, 0) is 16.0 Å². The minimum atomic E-state index is -0.819. The largest absolute Gasteiger partial charge is 0.444 e. The summed E-state index contributed by atoms with van der Waals surface area (Å²) in [5.74, 6) is 0. The standard InChI is InChI=1S/C21H32N2O4/c1-7-11-17(22(25)14-16-12-9-8-10-13-16)18-15-26-21(5,6)23(18)19(24)27-20(2,3)4/h7-10,12-13,17-18,25H,1,11,14-15H2,2-6H3/t17-,18+/m1/s1. The maximum absolute atomic E-state index is 12.9. The number of rotatable bonds is 6. The Kier molecular flexibility index (Phi) is 6.68. The zero-order chi connectivity index (χ0) is 20.2. The summed E-state index contributed by atoms with van der Waals surface area (Å²) in [6.45, 7) is 13.6. The molecule has 0 spiro atoms. The van der Waals surface area contributed by atoms with E-state index in [0.29, 0.717) is 19.6 Å². The van der Waals surface area contributed by atoms with E-state index in [-0.39, 0.29) is 12.1 Å². The highest BCUT2D eigenvalue weighted by molar-refractivity contribution is 5.70. The van der Waals surface area contributed by atoms with E-state index in [1.807, 2.05) is 65.0 Å². The number of nitrogens with zero attached hydrogens (tertiary/aromatic N) is 2. The van der Waals surface area contributed by atoms with Crippen molar-refractivity contribution in [2.24, 2.45) is 0 Å². The molecule has 0 aliphatic carbocycles. The molecule has 0 aromatic heterocycles. The van der Waals surface area contributed by atoms with Crippen LogP contribution < -0.4 is 0 Å². The van der Waals surface area contributed by atoms with Crippen LogP contribution in [0.4, 0.5) is 4.79 Å². The first-order valence-corrected chi connectivity index (χ1v) is 9.32. The summed E-state index contributed by atoms with van der Waals surface area (Å²) >= 11 is 0. The van der Waals surface area contributed by atoms with Gasteiger partial charge in [-0.25, -0.2) is 4.79 Å². The molecule has 0 unspecified atom stereocenters. The van der Waals surface area contributed by atoms with Gasteiger partial charge in [-0.1, -0.05) is 36.4 Å². The highest BCUT2D eigenvalue weighted by Crippen LogP contribution is 2.33. The van der Waals surface area contributed by atoms with E-state index in [9.17, 15) is 10.0 Å². The Hall–Kier alpha value is -1.89. The van der Waals surface area contributed by atoms with Crippen LogP contribution in [0.3, 0.4) is 0 Å². The van der Waals surface area contributed by atoms with Crippen LogP contribution in [0.2, 0.25) is 0 Å². The van der Waals surface area contributed by atoms with Gasteiger partial charge in [-0.3, -0.25) is 4.90 Å². The number of benzene rings is 1. The van der Waals surface area contributed by atoms with Gasteiger partial charge < -0.3 is 14.7 Å². The Morgan fingerprint density at radius 3 is 2.63 bits per heavy atom. The van der Waals surface area contributed by atoms with E-state index in [4.69, 9.17) is 9.47 Å². The quantitative estimate of drug-likeness (QED) is 0.596. The molecule has 0 saturated carbocycles. The van der Waals surface area contributed by atoms with E-state index in [1.165, 1.54) is 5.06 Å². The summed E-state index contributed by atoms with van der Waals surface area (Å²) in [6, 6.07) is 8.98. The zero-order valence-corrected chi connectivity index (χ0v) is 17.0. The second-order valence-electron chi connectivity index (χ2n) is 8.35. The molecular weight excluding hydrogens is 344 g/mol. The first-order chi connectivity index (χ1) is 12.5. The molecule has 6 heteroatoms. The van der Waals surface area contributed by atoms with Crippen molar-refractivity contribution in [1.29, 1.82) is 0 Å². The minimum Gasteiger partial charge on any atom is -0.444 e. The Morgan fingerprint density at radius 2 is 2.07 bits per heavy atom. The van der Waals surface area contributed by atoms with Gasteiger partial charge in [-0.2, -0.15) is 5.06 Å². The molecule has 1 amide bonds. The van der Waals surface area contributed by atoms with E-state index in [0.717, 1.165) is 5.56 Å². The molecule has 1 aromatic carbocycles. The molecule has 1 N–H and O–H groups in total. The number of hydrogen-bond donors (Lipinski definition) is 1. The normalized spacial score (nSPS) is 20.6. The fraction of sp³-hybridized carbons (Fsp3) is 0.571. The van der Waals surface area contributed by atoms with Crippen molar-refractivity contribution >= 4 is 6.09 Å². The molecule has 1 saturated heterocycles. The van der Waals surface area contributed by atoms with Gasteiger partial charge >= 0.3 is 6.09 Å². The Bertz CT molecular complexity index is 639. The van der Waals surface area contributed by atoms with Crippen molar-refractivity contribution in [3.05, 3.63) is 48.6 Å². The lowest BCUT2D eigenvalue weighted by Crippen LogP contribution is -2.56. The van der Waals surface area contributed by atoms with Crippen LogP contribution in [0.1, 0.15) is 46.6 Å². The van der Waals surface area contributed by atoms with Gasteiger partial charge in [0.15, 0.2) is 0 Å². The van der Waals surface area contributed by atoms with Crippen LogP contribution in [0.15, 0.2) is 43.0 Å². The lowest BCUT2D eigenvalue weighted by Gasteiger charge is -2.39. The molecule has 150 valence electrons. The van der Waals surface area contributed by atoms with Crippen LogP contribution in [-0.4, -0.2) is 51.3 Å². The second-order valence-corrected chi connectivity index (χ2v) is 8.35. The van der Waals surface area contributed by atoms with Gasteiger partial charge in [0.1, 0.15) is 11.3 Å². The van der Waals surface area contributed by atoms with Crippen molar-refractivity contribution < 1.29 is 19.5 Å². The van der Waals surface area contributed by atoms with Crippen LogP contribution in [0, 0.1) is 0 Å². The maximum atomic E-state index is 12.9. The maximum Gasteiger partial charge on any atom is 0.412 e. The Balaban J connectivity index is 2.25. The molecule has 1 heterocycles. The molecule has 27 heavy (non-hydrogen) atoms. The minimum absolute atomic E-state index is 0.316. The number of hydrogen-bond acceptors (Lipinski definition) is 5. The topological polar surface area (TPSA) is 62.2 Å². The van der Waals surface area contributed by atoms with Crippen LogP contribution >= 0.6 is 0 Å². The summed E-state index contributed by atoms with van der Waals surface area (Å²) in [5.41, 5.74) is -0.451. The van der Waals surface area contributed by atoms with Gasteiger partial charge in [0, 0.05) is 6.54 Å². The number of carbonyl (C=O) groups is 1. The van der Waals surface area contributed by atoms with Crippen molar-refractivity contribution in [3.8, 4) is 0 Å². The molecule has 1 aliphatic rings. The van der Waals surface area contributed by atoms with E-state index < -0.39 is 17.4 Å². The van der Waals surface area contributed by atoms with Crippen molar-refractivity contribution in [2.75, 3.05) is 6.61 Å². The van der Waals surface area contributed by atoms with E-state index in [1.54, 1.807) is 11.0 Å². The summed E-state index contributed by atoms with van der Waals surface area (Å²) in [6.07, 6.45) is 1.81. The summed E-state index contributed by atoms with van der Waals surface area (Å²) < 4.78 is 11.5. The summed E-state index contributed by atoms with van der Waals surface area (Å²) in [4.78, 5) is 14.5. The molecule has 2 atom stereocenters. The predicted octanol–water partition coefficient (Wildman–Crippen LogP) is 4.19. The summed E-state index contributed by atoms with van der Waals surface area (Å²) in [7, 11) is 0. The number of carbonyl (C=O) groups excluding carboxylic acids is 1. The third kappa shape index (κ3) is 5.54. The predicted molar refractivity (Wildman–Crippen MR) is 104 cm³/mol. The van der Waals surface area contributed by atoms with Gasteiger partial charge in [0.2, 0.25) is 0 Å². The van der Waals surface area contributed by atoms with Crippen molar-refractivity contribution in [3.63, 3.8) is 0 Å². The monoisotopic (exact) mass is 376 g/mol. The number of ether oxygens (including phenoxy) is 2. The highest BCUT2D eigenvalue weighted by Gasteiger charge is 2.49. The van der Waals surface area contributed by atoms with Crippen molar-refractivity contribution in [1.82, 2.24) is 9.96 Å². The fourth-order valence-electron chi connectivity index (χ4n) is 3.32. The molecule has 1 aromatic rings. The average molecular weight is 376 g/mol. The van der Waals surface area contributed by atoms with Crippen LogP contribution in [0.5, 0.6) is 0 Å². The Morgan fingerprint density at radius 1 is 1.44 bits per heavy atom. The van der Waals surface area contributed by atoms with E-state index >= 15 is 0 Å². The molecule has 0 radical (unpaired) electrons. The fourth-order valence-corrected chi connectivity index (χ4v) is 3.32. The molecular formula is C21H32N2O4. The van der Waals surface area contributed by atoms with Crippen molar-refractivity contribution in [2.45, 2.75) is 71.0 Å². The van der Waals surface area contributed by atoms with Crippen LogP contribution in [0.25, 0.3) is 0 Å². The van der Waals surface area contributed by atoms with Gasteiger partial charge in [0.25, 0.3) is 0 Å². The zero-order valence-electron chi connectivity index (χ0n) is 17.0. The molecule has 1 aliphatic heterocycles. The molecule has 1 fully saturated rings. The number of amides is 1. The molecule has 2 rings (SSSR count). The average Bonchev–Trinajstić information content (AvgIpc) is 2.87. The molecule has 6 nitrogen and oxygen atoms in total. The highest BCUT2D eigenvalue weighted by atomic mass is 16.6. The smallest absolute Gasteiger partial charge is 0.412 e. The van der Waals surface area contributed by atoms with Gasteiger partial charge in [-0.15, -0.1) is 6.58 Å². The van der Waals surface area contributed by atoms with E-state index in [2.05, 4.69) is 6.58 Å². The first-order valence-electron chi connectivity index (χ1n) is 9.32. The second kappa shape index (κ2) is 8.42. The first kappa shape index (κ1) is 21.4. The lowest BCUT2D eigenvalue weighted by molar-refractivity contribution is -0.151. The Labute approximate surface area is 162 Å². The number of hydroxylamine groups is 2. The van der Waals surface area contributed by atoms with Gasteiger partial charge in [0.05, 0.1) is 18.7 Å². The van der Waals surface area contributed by atoms with Gasteiger partial charge in [-0.05, 0) is 46.6 Å². The third-order valence-electron chi connectivity index (χ3n) is 4.53. The molecule has 0 bridgehead atoms. The SMILES string of the molecule is C=CC[C@H]([C@@H]1COC(C)(C)N1C(=O)OC(C)(C)C)N(O)Cc1ccccc1. The summed E-state index contributed by atoms with van der Waals surface area (Å²) in [5, 5.41) is 12.1.